The van der Waals surface area contributed by atoms with Gasteiger partial charge < -0.3 is 5.32 Å². The number of nitrogens with one attached hydrogen (secondary N) is 1. The van der Waals surface area contributed by atoms with Crippen LogP contribution in [0, 0.1) is 0 Å². The second-order valence-corrected chi connectivity index (χ2v) is 3.90. The quantitative estimate of drug-likeness (QED) is 0.848. The fraction of sp³-hybridized carbons (Fsp3) is 0.154. The highest BCUT2D eigenvalue weighted by atomic mass is 19.3. The molecule has 0 saturated carbocycles. The van der Waals surface area contributed by atoms with Gasteiger partial charge in [-0.25, -0.2) is 8.78 Å². The fourth-order valence-corrected chi connectivity index (χ4v) is 1.64. The summed E-state index contributed by atoms with van der Waals surface area (Å²) in [5.74, 6) is -6.73. The van der Waals surface area contributed by atoms with Crippen LogP contribution >= 0.6 is 0 Å². The van der Waals surface area contributed by atoms with Crippen molar-refractivity contribution in [3.63, 3.8) is 0 Å². The molecule has 1 amide bonds. The highest BCUT2D eigenvalue weighted by Crippen LogP contribution is 2.27. The van der Waals surface area contributed by atoms with Crippen molar-refractivity contribution in [1.29, 1.82) is 0 Å². The molecular formula is C13H9F4NO. The standard InChI is InChI=1S/C13H9F4NO/c14-11(15)13(16,17)12(19)18-10-7-3-5-8-4-1-2-6-9(8)10/h1-7,11H,(H,18,19). The van der Waals surface area contributed by atoms with E-state index in [0.29, 0.717) is 10.8 Å². The molecule has 0 aliphatic carbocycles. The van der Waals surface area contributed by atoms with Gasteiger partial charge in [-0.1, -0.05) is 36.4 Å². The van der Waals surface area contributed by atoms with E-state index in [9.17, 15) is 22.4 Å². The third-order valence-electron chi connectivity index (χ3n) is 2.61. The minimum atomic E-state index is -4.71. The predicted molar refractivity (Wildman–Crippen MR) is 63.5 cm³/mol. The van der Waals surface area contributed by atoms with Crippen molar-refractivity contribution in [2.75, 3.05) is 5.32 Å². The Morgan fingerprint density at radius 3 is 2.37 bits per heavy atom. The zero-order chi connectivity index (χ0) is 14.0. The second-order valence-electron chi connectivity index (χ2n) is 3.90. The average Bonchev–Trinajstić information content (AvgIpc) is 2.39. The molecule has 0 heterocycles. The van der Waals surface area contributed by atoms with Gasteiger partial charge in [0.2, 0.25) is 0 Å². The lowest BCUT2D eigenvalue weighted by atomic mass is 10.1. The molecule has 0 spiro atoms. The van der Waals surface area contributed by atoms with E-state index in [0.717, 1.165) is 0 Å². The van der Waals surface area contributed by atoms with Crippen molar-refractivity contribution in [1.82, 2.24) is 0 Å². The Balaban J connectivity index is 2.35. The van der Waals surface area contributed by atoms with Gasteiger partial charge in [-0.15, -0.1) is 0 Å². The molecule has 0 saturated heterocycles. The number of fused-ring (bicyclic) bond motifs is 1. The van der Waals surface area contributed by atoms with Crippen LogP contribution in [0.2, 0.25) is 0 Å². The van der Waals surface area contributed by atoms with Gasteiger partial charge in [0.1, 0.15) is 0 Å². The van der Waals surface area contributed by atoms with Gasteiger partial charge in [0.15, 0.2) is 0 Å². The monoisotopic (exact) mass is 271 g/mol. The van der Waals surface area contributed by atoms with Gasteiger partial charge in [-0.3, -0.25) is 4.79 Å². The molecule has 100 valence electrons. The van der Waals surface area contributed by atoms with E-state index in [4.69, 9.17) is 0 Å². The third-order valence-corrected chi connectivity index (χ3v) is 2.61. The van der Waals surface area contributed by atoms with Crippen molar-refractivity contribution in [2.24, 2.45) is 0 Å². The summed E-state index contributed by atoms with van der Waals surface area (Å²) in [5.41, 5.74) is 0.0726. The summed E-state index contributed by atoms with van der Waals surface area (Å²) in [6.45, 7) is 0. The van der Waals surface area contributed by atoms with Gasteiger partial charge in [-0.05, 0) is 11.5 Å². The smallest absolute Gasteiger partial charge is 0.320 e. The van der Waals surface area contributed by atoms with Crippen molar-refractivity contribution < 1.29 is 22.4 Å². The van der Waals surface area contributed by atoms with E-state index >= 15 is 0 Å². The van der Waals surface area contributed by atoms with E-state index in [1.54, 1.807) is 36.4 Å². The van der Waals surface area contributed by atoms with E-state index in [1.165, 1.54) is 6.07 Å². The number of alkyl halides is 4. The first-order chi connectivity index (χ1) is 8.93. The average molecular weight is 271 g/mol. The maximum absolute atomic E-state index is 12.9. The lowest BCUT2D eigenvalue weighted by Gasteiger charge is -2.15. The Labute approximate surface area is 106 Å². The number of carbonyl (C=O) groups is 1. The summed E-state index contributed by atoms with van der Waals surface area (Å²) in [5, 5.41) is 3.05. The van der Waals surface area contributed by atoms with Crippen LogP contribution in [0.5, 0.6) is 0 Å². The Kier molecular flexibility index (Phi) is 3.42. The molecule has 2 aromatic carbocycles. The van der Waals surface area contributed by atoms with E-state index < -0.39 is 18.3 Å². The number of hydrogen-bond acceptors (Lipinski definition) is 1. The zero-order valence-corrected chi connectivity index (χ0v) is 9.54. The molecule has 0 bridgehead atoms. The number of benzene rings is 2. The zero-order valence-electron chi connectivity index (χ0n) is 9.54. The molecule has 2 nitrogen and oxygen atoms in total. The first-order valence-electron chi connectivity index (χ1n) is 5.38. The summed E-state index contributed by atoms with van der Waals surface area (Å²) >= 11 is 0. The Hall–Kier alpha value is -2.11. The van der Waals surface area contributed by atoms with E-state index in [-0.39, 0.29) is 5.69 Å². The number of hydrogen-bond donors (Lipinski definition) is 1. The maximum atomic E-state index is 12.9. The van der Waals surface area contributed by atoms with Crippen molar-refractivity contribution in [3.05, 3.63) is 42.5 Å². The molecule has 6 heteroatoms. The van der Waals surface area contributed by atoms with Crippen LogP contribution in [0.3, 0.4) is 0 Å². The minimum Gasteiger partial charge on any atom is -0.320 e. The minimum absolute atomic E-state index is 0.0726. The summed E-state index contributed by atoms with van der Waals surface area (Å²) < 4.78 is 49.9. The summed E-state index contributed by atoms with van der Waals surface area (Å²) in [7, 11) is 0. The maximum Gasteiger partial charge on any atom is 0.383 e. The summed E-state index contributed by atoms with van der Waals surface area (Å²) in [6, 6.07) is 11.4. The number of carbonyl (C=O) groups excluding carboxylic acids is 1. The fourth-order valence-electron chi connectivity index (χ4n) is 1.64. The first kappa shape index (κ1) is 13.3. The second kappa shape index (κ2) is 4.87. The Morgan fingerprint density at radius 2 is 1.68 bits per heavy atom. The molecule has 19 heavy (non-hydrogen) atoms. The number of rotatable bonds is 3. The van der Waals surface area contributed by atoms with Gasteiger partial charge in [0.05, 0.1) is 0 Å². The van der Waals surface area contributed by atoms with Crippen molar-refractivity contribution in [2.45, 2.75) is 12.3 Å². The van der Waals surface area contributed by atoms with Crippen molar-refractivity contribution >= 4 is 22.4 Å². The van der Waals surface area contributed by atoms with Gasteiger partial charge in [0, 0.05) is 11.1 Å². The topological polar surface area (TPSA) is 29.1 Å². The SMILES string of the molecule is O=C(Nc1cccc2ccccc12)C(F)(F)C(F)F. The lowest BCUT2D eigenvalue weighted by Crippen LogP contribution is -2.41. The number of halogens is 4. The normalized spacial score (nSPS) is 11.8. The van der Waals surface area contributed by atoms with Gasteiger partial charge >= 0.3 is 18.3 Å². The van der Waals surface area contributed by atoms with E-state index in [1.807, 2.05) is 5.32 Å². The van der Waals surface area contributed by atoms with E-state index in [2.05, 4.69) is 0 Å². The molecule has 2 rings (SSSR count). The molecule has 0 fully saturated rings. The molecule has 0 atom stereocenters. The van der Waals surface area contributed by atoms with Crippen LogP contribution in [0.1, 0.15) is 0 Å². The van der Waals surface area contributed by atoms with Gasteiger partial charge in [-0.2, -0.15) is 8.78 Å². The van der Waals surface area contributed by atoms with Crippen molar-refractivity contribution in [3.8, 4) is 0 Å². The highest BCUT2D eigenvalue weighted by molar-refractivity contribution is 6.04. The van der Waals surface area contributed by atoms with Crippen LogP contribution in [0.15, 0.2) is 42.5 Å². The van der Waals surface area contributed by atoms with Crippen LogP contribution in [0.25, 0.3) is 10.8 Å². The Bertz CT molecular complexity index is 607. The number of anilines is 1. The lowest BCUT2D eigenvalue weighted by molar-refractivity contribution is -0.163. The van der Waals surface area contributed by atoms with Crippen LogP contribution in [0.4, 0.5) is 23.2 Å². The molecule has 1 N–H and O–H groups in total. The predicted octanol–water partition coefficient (Wildman–Crippen LogP) is 3.68. The first-order valence-corrected chi connectivity index (χ1v) is 5.38. The van der Waals surface area contributed by atoms with Crippen LogP contribution < -0.4 is 5.32 Å². The third kappa shape index (κ3) is 2.52. The molecule has 0 aliphatic rings. The molecule has 0 aliphatic heterocycles. The molecule has 0 unspecified atom stereocenters. The Morgan fingerprint density at radius 1 is 1.05 bits per heavy atom. The largest absolute Gasteiger partial charge is 0.383 e. The molecule has 0 aromatic heterocycles. The molecule has 2 aromatic rings. The van der Waals surface area contributed by atoms with Crippen LogP contribution in [-0.2, 0) is 4.79 Å². The molecule has 0 radical (unpaired) electrons. The highest BCUT2D eigenvalue weighted by Gasteiger charge is 2.49. The van der Waals surface area contributed by atoms with Gasteiger partial charge in [0.25, 0.3) is 0 Å². The summed E-state index contributed by atoms with van der Waals surface area (Å²) in [6.07, 6.45) is -4.04. The van der Waals surface area contributed by atoms with Crippen LogP contribution in [-0.4, -0.2) is 18.3 Å². The summed E-state index contributed by atoms with van der Waals surface area (Å²) in [4.78, 5) is 11.2. The molecular weight excluding hydrogens is 262 g/mol. The number of amides is 1.